The van der Waals surface area contributed by atoms with E-state index in [1.807, 2.05) is 47.4 Å². The SMILES string of the molecule is CC(CNC(=O)C1CCN(C(=O)N2CCOc3ccccc32)CC1)c1ccccc1. The Morgan fingerprint density at radius 3 is 2.50 bits per heavy atom. The normalized spacial score (nSPS) is 17.6. The van der Waals surface area contributed by atoms with Crippen molar-refractivity contribution in [3.05, 3.63) is 60.2 Å². The summed E-state index contributed by atoms with van der Waals surface area (Å²) in [6.45, 7) is 5.01. The summed E-state index contributed by atoms with van der Waals surface area (Å²) in [5, 5.41) is 3.10. The van der Waals surface area contributed by atoms with Crippen molar-refractivity contribution in [2.24, 2.45) is 5.92 Å². The van der Waals surface area contributed by atoms with Crippen molar-refractivity contribution < 1.29 is 14.3 Å². The Bertz CT molecular complexity index is 878. The second kappa shape index (κ2) is 9.20. The molecule has 158 valence electrons. The predicted octanol–water partition coefficient (Wildman–Crippen LogP) is 3.64. The van der Waals surface area contributed by atoms with Crippen LogP contribution in [0.1, 0.15) is 31.2 Å². The molecule has 4 rings (SSSR count). The quantitative estimate of drug-likeness (QED) is 0.842. The van der Waals surface area contributed by atoms with Crippen LogP contribution in [0.3, 0.4) is 0 Å². The molecule has 6 nitrogen and oxygen atoms in total. The molecule has 0 spiro atoms. The largest absolute Gasteiger partial charge is 0.490 e. The number of likely N-dealkylation sites (tertiary alicyclic amines) is 1. The van der Waals surface area contributed by atoms with Crippen LogP contribution < -0.4 is 15.0 Å². The summed E-state index contributed by atoms with van der Waals surface area (Å²) >= 11 is 0. The highest BCUT2D eigenvalue weighted by atomic mass is 16.5. The maximum Gasteiger partial charge on any atom is 0.324 e. The number of carbonyl (C=O) groups is 2. The maximum absolute atomic E-state index is 13.1. The minimum Gasteiger partial charge on any atom is -0.490 e. The Hall–Kier alpha value is -3.02. The summed E-state index contributed by atoms with van der Waals surface area (Å²) in [5.74, 6) is 1.09. The van der Waals surface area contributed by atoms with Crippen LogP contribution in [0.15, 0.2) is 54.6 Å². The third-order valence-corrected chi connectivity index (χ3v) is 6.05. The van der Waals surface area contributed by atoms with E-state index in [9.17, 15) is 9.59 Å². The van der Waals surface area contributed by atoms with Gasteiger partial charge in [0.05, 0.1) is 12.2 Å². The average Bonchev–Trinajstić information content (AvgIpc) is 2.82. The number of fused-ring (bicyclic) bond motifs is 1. The second-order valence-electron chi connectivity index (χ2n) is 8.07. The molecule has 2 aliphatic heterocycles. The first-order valence-corrected chi connectivity index (χ1v) is 10.7. The third-order valence-electron chi connectivity index (χ3n) is 6.05. The lowest BCUT2D eigenvalue weighted by Gasteiger charge is -2.37. The summed E-state index contributed by atoms with van der Waals surface area (Å²) in [7, 11) is 0. The van der Waals surface area contributed by atoms with Crippen LogP contribution in [0.4, 0.5) is 10.5 Å². The number of anilines is 1. The Balaban J connectivity index is 1.28. The summed E-state index contributed by atoms with van der Waals surface area (Å²) < 4.78 is 5.65. The van der Waals surface area contributed by atoms with E-state index >= 15 is 0 Å². The van der Waals surface area contributed by atoms with Gasteiger partial charge in [-0.25, -0.2) is 4.79 Å². The molecule has 0 saturated carbocycles. The van der Waals surface area contributed by atoms with E-state index in [2.05, 4.69) is 24.4 Å². The van der Waals surface area contributed by atoms with E-state index in [-0.39, 0.29) is 23.8 Å². The lowest BCUT2D eigenvalue weighted by atomic mass is 9.95. The molecule has 2 heterocycles. The molecule has 1 unspecified atom stereocenters. The number of hydrogen-bond acceptors (Lipinski definition) is 3. The molecule has 6 heteroatoms. The first-order valence-electron chi connectivity index (χ1n) is 10.7. The van der Waals surface area contributed by atoms with E-state index < -0.39 is 0 Å². The van der Waals surface area contributed by atoms with Gasteiger partial charge in [-0.2, -0.15) is 0 Å². The van der Waals surface area contributed by atoms with Gasteiger partial charge in [0.1, 0.15) is 12.4 Å². The second-order valence-corrected chi connectivity index (χ2v) is 8.07. The van der Waals surface area contributed by atoms with Gasteiger partial charge in [-0.05, 0) is 36.5 Å². The number of benzene rings is 2. The van der Waals surface area contributed by atoms with Crippen molar-refractivity contribution in [1.29, 1.82) is 0 Å². The zero-order chi connectivity index (χ0) is 20.9. The molecular weight excluding hydrogens is 378 g/mol. The fraction of sp³-hybridized carbons (Fsp3) is 0.417. The molecule has 30 heavy (non-hydrogen) atoms. The van der Waals surface area contributed by atoms with Crippen molar-refractivity contribution >= 4 is 17.6 Å². The van der Waals surface area contributed by atoms with Crippen LogP contribution in [0, 0.1) is 5.92 Å². The molecular formula is C24H29N3O3. The van der Waals surface area contributed by atoms with Crippen molar-refractivity contribution in [1.82, 2.24) is 10.2 Å². The standard InChI is InChI=1S/C24H29N3O3/c1-18(19-7-3-2-4-8-19)17-25-23(28)20-11-13-26(14-12-20)24(29)27-15-16-30-22-10-6-5-9-21(22)27/h2-10,18,20H,11-17H2,1H3,(H,25,28). The zero-order valence-corrected chi connectivity index (χ0v) is 17.4. The van der Waals surface area contributed by atoms with Crippen LogP contribution in [0.2, 0.25) is 0 Å². The monoisotopic (exact) mass is 407 g/mol. The summed E-state index contributed by atoms with van der Waals surface area (Å²) in [4.78, 5) is 29.3. The van der Waals surface area contributed by atoms with Crippen molar-refractivity contribution in [2.75, 3.05) is 37.7 Å². The van der Waals surface area contributed by atoms with Crippen LogP contribution in [0.25, 0.3) is 0 Å². The topological polar surface area (TPSA) is 61.9 Å². The number of nitrogens with one attached hydrogen (secondary N) is 1. The number of para-hydroxylation sites is 2. The lowest BCUT2D eigenvalue weighted by Crippen LogP contribution is -2.50. The Morgan fingerprint density at radius 2 is 1.73 bits per heavy atom. The number of ether oxygens (including phenoxy) is 1. The average molecular weight is 408 g/mol. The molecule has 1 fully saturated rings. The van der Waals surface area contributed by atoms with Gasteiger partial charge in [0, 0.05) is 25.6 Å². The number of amides is 3. The minimum absolute atomic E-state index is 0.00214. The van der Waals surface area contributed by atoms with Crippen molar-refractivity contribution in [3.8, 4) is 5.75 Å². The van der Waals surface area contributed by atoms with Gasteiger partial charge in [-0.3, -0.25) is 9.69 Å². The molecule has 0 aromatic heterocycles. The predicted molar refractivity (Wildman–Crippen MR) is 117 cm³/mol. The maximum atomic E-state index is 13.1. The Labute approximate surface area is 177 Å². The summed E-state index contributed by atoms with van der Waals surface area (Å²) in [5.41, 5.74) is 2.05. The highest BCUT2D eigenvalue weighted by Crippen LogP contribution is 2.32. The third kappa shape index (κ3) is 4.42. The van der Waals surface area contributed by atoms with Gasteiger partial charge in [0.25, 0.3) is 0 Å². The van der Waals surface area contributed by atoms with Gasteiger partial charge in [0.15, 0.2) is 0 Å². The molecule has 1 saturated heterocycles. The Kier molecular flexibility index (Phi) is 6.21. The molecule has 3 amide bonds. The van der Waals surface area contributed by atoms with Gasteiger partial charge >= 0.3 is 6.03 Å². The minimum atomic E-state index is -0.0333. The van der Waals surface area contributed by atoms with E-state index in [4.69, 9.17) is 4.74 Å². The molecule has 0 aliphatic carbocycles. The van der Waals surface area contributed by atoms with Crippen LogP contribution in [0.5, 0.6) is 5.75 Å². The van der Waals surface area contributed by atoms with Gasteiger partial charge in [-0.1, -0.05) is 49.4 Å². The van der Waals surface area contributed by atoms with E-state index in [0.29, 0.717) is 45.6 Å². The zero-order valence-electron chi connectivity index (χ0n) is 17.4. The van der Waals surface area contributed by atoms with E-state index in [0.717, 1.165) is 11.4 Å². The molecule has 0 radical (unpaired) electrons. The number of carbonyl (C=O) groups excluding carboxylic acids is 2. The van der Waals surface area contributed by atoms with Crippen molar-refractivity contribution in [3.63, 3.8) is 0 Å². The van der Waals surface area contributed by atoms with E-state index in [1.165, 1.54) is 5.56 Å². The lowest BCUT2D eigenvalue weighted by molar-refractivity contribution is -0.126. The first kappa shape index (κ1) is 20.3. The first-order chi connectivity index (χ1) is 14.6. The van der Waals surface area contributed by atoms with Gasteiger partial charge < -0.3 is 15.0 Å². The van der Waals surface area contributed by atoms with Crippen LogP contribution in [-0.4, -0.2) is 49.6 Å². The smallest absolute Gasteiger partial charge is 0.324 e. The highest BCUT2D eigenvalue weighted by Gasteiger charge is 2.32. The molecule has 1 N–H and O–H groups in total. The molecule has 0 bridgehead atoms. The van der Waals surface area contributed by atoms with Gasteiger partial charge in [-0.15, -0.1) is 0 Å². The fourth-order valence-corrected chi connectivity index (χ4v) is 4.17. The molecule has 2 aromatic carbocycles. The van der Waals surface area contributed by atoms with Crippen LogP contribution >= 0.6 is 0 Å². The number of piperidine rings is 1. The highest BCUT2D eigenvalue weighted by molar-refractivity contribution is 5.94. The summed E-state index contributed by atoms with van der Waals surface area (Å²) in [6.07, 6.45) is 1.40. The Morgan fingerprint density at radius 1 is 1.03 bits per heavy atom. The molecule has 1 atom stereocenters. The molecule has 2 aliphatic rings. The number of rotatable bonds is 4. The van der Waals surface area contributed by atoms with Crippen LogP contribution in [-0.2, 0) is 4.79 Å². The van der Waals surface area contributed by atoms with E-state index in [1.54, 1.807) is 4.90 Å². The van der Waals surface area contributed by atoms with Gasteiger partial charge in [0.2, 0.25) is 5.91 Å². The summed E-state index contributed by atoms with van der Waals surface area (Å²) in [6, 6.07) is 17.9. The fourth-order valence-electron chi connectivity index (χ4n) is 4.17. The number of urea groups is 1. The number of hydrogen-bond donors (Lipinski definition) is 1. The van der Waals surface area contributed by atoms with Crippen molar-refractivity contribution in [2.45, 2.75) is 25.7 Å². The molecule has 2 aromatic rings. The number of nitrogens with zero attached hydrogens (tertiary/aromatic N) is 2.